The van der Waals surface area contributed by atoms with Gasteiger partial charge in [-0.2, -0.15) is 0 Å². The molecule has 0 spiro atoms. The maximum Gasteiger partial charge on any atom is 0.341 e. The van der Waals surface area contributed by atoms with Gasteiger partial charge in [0.05, 0.1) is 16.9 Å². The number of aromatic carboxylic acids is 1. The highest BCUT2D eigenvalue weighted by Crippen LogP contribution is 2.40. The minimum absolute atomic E-state index is 0. The zero-order chi connectivity index (χ0) is 14.6. The first kappa shape index (κ1) is 15.4. The highest BCUT2D eigenvalue weighted by Gasteiger charge is 2.40. The van der Waals surface area contributed by atoms with Gasteiger partial charge in [-0.05, 0) is 6.07 Å². The Labute approximate surface area is 122 Å². The van der Waals surface area contributed by atoms with Crippen LogP contribution in [0.25, 0.3) is 10.9 Å². The fourth-order valence-corrected chi connectivity index (χ4v) is 2.26. The van der Waals surface area contributed by atoms with Crippen molar-refractivity contribution < 1.29 is 23.1 Å². The van der Waals surface area contributed by atoms with Crippen LogP contribution in [0, 0.1) is 11.6 Å². The van der Waals surface area contributed by atoms with Crippen LogP contribution in [0.3, 0.4) is 0 Å². The molecule has 1 aromatic heterocycles. The van der Waals surface area contributed by atoms with E-state index in [4.69, 9.17) is 5.11 Å². The summed E-state index contributed by atoms with van der Waals surface area (Å²) in [5.74, 6) is -3.53. The van der Waals surface area contributed by atoms with Crippen LogP contribution >= 0.6 is 12.4 Å². The molecule has 0 amide bonds. The number of pyridine rings is 1. The van der Waals surface area contributed by atoms with Gasteiger partial charge in [-0.15, -0.1) is 12.4 Å². The van der Waals surface area contributed by atoms with Crippen LogP contribution in [0.5, 0.6) is 0 Å². The zero-order valence-electron chi connectivity index (χ0n) is 10.3. The lowest BCUT2D eigenvalue weighted by molar-refractivity contribution is 0.0694. The Bertz CT molecular complexity index is 805. The first-order valence-electron chi connectivity index (χ1n) is 5.81. The van der Waals surface area contributed by atoms with Crippen LogP contribution in [-0.4, -0.2) is 21.8 Å². The first-order valence-corrected chi connectivity index (χ1v) is 5.81. The number of hydrogen-bond acceptors (Lipinski definition) is 2. The van der Waals surface area contributed by atoms with Gasteiger partial charge in [0.2, 0.25) is 5.43 Å². The lowest BCUT2D eigenvalue weighted by Crippen LogP contribution is -2.20. The summed E-state index contributed by atoms with van der Waals surface area (Å²) in [6.07, 6.45) is -0.210. The molecule has 2 unspecified atom stereocenters. The molecular weight excluding hydrogens is 311 g/mol. The maximum atomic E-state index is 13.9. The zero-order valence-corrected chi connectivity index (χ0v) is 11.2. The van der Waals surface area contributed by atoms with E-state index >= 15 is 0 Å². The van der Waals surface area contributed by atoms with Gasteiger partial charge < -0.3 is 9.67 Å². The van der Waals surface area contributed by atoms with Crippen molar-refractivity contribution in [2.24, 2.45) is 0 Å². The molecule has 3 rings (SSSR count). The number of benzene rings is 1. The second-order valence-corrected chi connectivity index (χ2v) is 4.69. The Morgan fingerprint density at radius 2 is 1.95 bits per heavy atom. The van der Waals surface area contributed by atoms with Gasteiger partial charge in [-0.25, -0.2) is 18.0 Å². The number of carbonyl (C=O) groups is 1. The van der Waals surface area contributed by atoms with Crippen molar-refractivity contribution in [1.82, 2.24) is 4.57 Å². The van der Waals surface area contributed by atoms with Crippen molar-refractivity contribution in [2.75, 3.05) is 0 Å². The Kier molecular flexibility index (Phi) is 3.71. The highest BCUT2D eigenvalue weighted by molar-refractivity contribution is 5.92. The number of carboxylic acid groups (broad SMARTS) is 1. The molecule has 0 radical (unpaired) electrons. The molecule has 4 nitrogen and oxygen atoms in total. The quantitative estimate of drug-likeness (QED) is 0.926. The van der Waals surface area contributed by atoms with E-state index in [1.54, 1.807) is 0 Å². The van der Waals surface area contributed by atoms with Crippen LogP contribution in [-0.2, 0) is 0 Å². The number of alkyl halides is 1. The van der Waals surface area contributed by atoms with Gasteiger partial charge in [0.1, 0.15) is 17.6 Å². The molecule has 2 atom stereocenters. The predicted octanol–water partition coefficient (Wildman–Crippen LogP) is 2.68. The summed E-state index contributed by atoms with van der Waals surface area (Å²) in [5, 5.41) is 8.56. The molecule has 1 aromatic carbocycles. The number of nitrogens with zero attached hydrogens (tertiary/aromatic N) is 1. The van der Waals surface area contributed by atoms with E-state index in [-0.39, 0.29) is 24.3 Å². The number of hydrogen-bond donors (Lipinski definition) is 1. The third-order valence-corrected chi connectivity index (χ3v) is 3.31. The third kappa shape index (κ3) is 2.37. The lowest BCUT2D eigenvalue weighted by atomic mass is 10.1. The van der Waals surface area contributed by atoms with Gasteiger partial charge >= 0.3 is 5.97 Å². The fraction of sp³-hybridized carbons (Fsp3) is 0.231. The number of halogens is 4. The monoisotopic (exact) mass is 319 g/mol. The molecule has 1 N–H and O–H groups in total. The van der Waals surface area contributed by atoms with Crippen LogP contribution in [0.1, 0.15) is 22.8 Å². The van der Waals surface area contributed by atoms with Crippen LogP contribution in [0.4, 0.5) is 13.2 Å². The molecule has 8 heteroatoms. The van der Waals surface area contributed by atoms with E-state index in [9.17, 15) is 22.8 Å². The number of rotatable bonds is 2. The fourth-order valence-electron chi connectivity index (χ4n) is 2.26. The molecule has 1 aliphatic carbocycles. The van der Waals surface area contributed by atoms with E-state index in [1.165, 1.54) is 0 Å². The highest BCUT2D eigenvalue weighted by atomic mass is 35.5. The summed E-state index contributed by atoms with van der Waals surface area (Å²) in [4.78, 5) is 22.9. The Morgan fingerprint density at radius 3 is 2.48 bits per heavy atom. The predicted molar refractivity (Wildman–Crippen MR) is 70.9 cm³/mol. The van der Waals surface area contributed by atoms with Crippen LogP contribution in [0.2, 0.25) is 0 Å². The Morgan fingerprint density at radius 1 is 1.33 bits per heavy atom. The number of aromatic nitrogens is 1. The first-order chi connectivity index (χ1) is 9.40. The van der Waals surface area contributed by atoms with E-state index in [2.05, 4.69) is 0 Å². The Hall–Kier alpha value is -2.02. The minimum atomic E-state index is -1.52. The smallest absolute Gasteiger partial charge is 0.341 e. The van der Waals surface area contributed by atoms with E-state index in [1.807, 2.05) is 0 Å². The van der Waals surface area contributed by atoms with Crippen molar-refractivity contribution >= 4 is 29.3 Å². The topological polar surface area (TPSA) is 59.3 Å². The third-order valence-electron chi connectivity index (χ3n) is 3.31. The minimum Gasteiger partial charge on any atom is -0.477 e. The summed E-state index contributed by atoms with van der Waals surface area (Å²) in [6.45, 7) is 0. The number of fused-ring (bicyclic) bond motifs is 1. The molecule has 0 bridgehead atoms. The molecule has 1 saturated carbocycles. The molecule has 1 heterocycles. The van der Waals surface area contributed by atoms with E-state index in [0.717, 1.165) is 16.8 Å². The largest absolute Gasteiger partial charge is 0.477 e. The molecule has 2 aromatic rings. The van der Waals surface area contributed by atoms with Crippen molar-refractivity contribution in [3.05, 3.63) is 45.8 Å². The molecule has 1 fully saturated rings. The van der Waals surface area contributed by atoms with E-state index in [0.29, 0.717) is 6.07 Å². The van der Waals surface area contributed by atoms with E-state index < -0.39 is 46.2 Å². The van der Waals surface area contributed by atoms with Gasteiger partial charge in [-0.1, -0.05) is 0 Å². The summed E-state index contributed by atoms with van der Waals surface area (Å²) in [5.41, 5.74) is -1.90. The second kappa shape index (κ2) is 5.07. The summed E-state index contributed by atoms with van der Waals surface area (Å²) >= 11 is 0. The van der Waals surface area contributed by atoms with Crippen molar-refractivity contribution in [2.45, 2.75) is 18.6 Å². The van der Waals surface area contributed by atoms with Gasteiger partial charge in [-0.3, -0.25) is 4.79 Å². The summed E-state index contributed by atoms with van der Waals surface area (Å²) < 4.78 is 41.4. The Balaban J connectivity index is 0.00000161. The lowest BCUT2D eigenvalue weighted by Gasteiger charge is -2.12. The average molecular weight is 320 g/mol. The molecule has 1 aliphatic rings. The second-order valence-electron chi connectivity index (χ2n) is 4.69. The normalized spacial score (nSPS) is 20.1. The summed E-state index contributed by atoms with van der Waals surface area (Å²) in [6, 6.07) is 0.615. The van der Waals surface area contributed by atoms with Gasteiger partial charge in [0, 0.05) is 18.7 Å². The van der Waals surface area contributed by atoms with Crippen LogP contribution in [0.15, 0.2) is 23.1 Å². The average Bonchev–Trinajstić information content (AvgIpc) is 3.07. The SMILES string of the molecule is Cl.O=C(O)c1cn(C2CC2F)c2c(F)cc(F)cc2c1=O. The molecule has 21 heavy (non-hydrogen) atoms. The van der Waals surface area contributed by atoms with Crippen molar-refractivity contribution in [3.63, 3.8) is 0 Å². The van der Waals surface area contributed by atoms with Crippen molar-refractivity contribution in [1.29, 1.82) is 0 Å². The summed E-state index contributed by atoms with van der Waals surface area (Å²) in [7, 11) is 0. The molecular formula is C13H9ClF3NO3. The standard InChI is InChI=1S/C13H8F3NO3.ClH/c14-5-1-6-11(9(16)2-5)17(10-3-8(10)15)4-7(12(6)18)13(19)20;/h1-2,4,8,10H,3H2,(H,19,20);1H. The maximum absolute atomic E-state index is 13.9. The molecule has 0 aliphatic heterocycles. The molecule has 112 valence electrons. The molecule has 0 saturated heterocycles. The van der Waals surface area contributed by atoms with Crippen LogP contribution < -0.4 is 5.43 Å². The number of carboxylic acids is 1. The van der Waals surface area contributed by atoms with Gasteiger partial charge in [0.25, 0.3) is 0 Å². The van der Waals surface area contributed by atoms with Gasteiger partial charge in [0.15, 0.2) is 5.82 Å². The van der Waals surface area contributed by atoms with Crippen molar-refractivity contribution in [3.8, 4) is 0 Å².